The minimum Gasteiger partial charge on any atom is -0.492 e. The summed E-state index contributed by atoms with van der Waals surface area (Å²) in [5.41, 5.74) is -0.216. The summed E-state index contributed by atoms with van der Waals surface area (Å²) in [6.07, 6.45) is 3.86. The first-order valence-corrected chi connectivity index (χ1v) is 8.83. The van der Waals surface area contributed by atoms with Crippen LogP contribution in [0.5, 0.6) is 5.75 Å². The van der Waals surface area contributed by atoms with E-state index in [0.717, 1.165) is 31.5 Å². The van der Waals surface area contributed by atoms with Gasteiger partial charge in [-0.05, 0) is 37.1 Å². The van der Waals surface area contributed by atoms with Gasteiger partial charge in [-0.25, -0.2) is 13.9 Å². The minimum absolute atomic E-state index is 0.0775. The van der Waals surface area contributed by atoms with Crippen LogP contribution < -0.4 is 10.4 Å². The van der Waals surface area contributed by atoms with Gasteiger partial charge in [0.25, 0.3) is 0 Å². The monoisotopic (exact) mass is 362 g/mol. The van der Waals surface area contributed by atoms with Crippen LogP contribution in [-0.2, 0) is 24.3 Å². The largest absolute Gasteiger partial charge is 0.492 e. The van der Waals surface area contributed by atoms with E-state index >= 15 is 0 Å². The number of hydrogen-bond acceptors (Lipinski definition) is 4. The van der Waals surface area contributed by atoms with Crippen LogP contribution in [0.4, 0.5) is 4.39 Å². The molecule has 2 aromatic rings. The number of aromatic nitrogens is 3. The molecule has 0 N–H and O–H groups in total. The molecule has 1 aliphatic rings. The molecule has 0 spiro atoms. The first kappa shape index (κ1) is 18.2. The standard InChI is InChI=1S/C18H23FN4O3/c1-21(11-12-26-15-8-6-14(19)7-9-15)17(24)13-23-18(25)22-10-4-2-3-5-16(22)20-23/h6-9H,2-5,10-13H2,1H3. The van der Waals surface area contributed by atoms with Gasteiger partial charge in [0.05, 0.1) is 6.54 Å². The number of ether oxygens (including phenoxy) is 1. The molecule has 0 atom stereocenters. The summed E-state index contributed by atoms with van der Waals surface area (Å²) >= 11 is 0. The van der Waals surface area contributed by atoms with E-state index in [-0.39, 0.29) is 30.6 Å². The highest BCUT2D eigenvalue weighted by atomic mass is 19.1. The average Bonchev–Trinajstić information content (AvgIpc) is 2.79. The fraction of sp³-hybridized carbons (Fsp3) is 0.500. The number of carbonyl (C=O) groups is 1. The molecule has 0 aliphatic carbocycles. The van der Waals surface area contributed by atoms with Gasteiger partial charge in [-0.2, -0.15) is 5.10 Å². The van der Waals surface area contributed by atoms with Crippen molar-refractivity contribution in [3.8, 4) is 5.75 Å². The van der Waals surface area contributed by atoms with Crippen molar-refractivity contribution in [2.75, 3.05) is 20.2 Å². The van der Waals surface area contributed by atoms with Gasteiger partial charge in [-0.3, -0.25) is 9.36 Å². The smallest absolute Gasteiger partial charge is 0.346 e. The predicted molar refractivity (Wildman–Crippen MR) is 93.6 cm³/mol. The maximum atomic E-state index is 12.8. The first-order chi connectivity index (χ1) is 12.5. The van der Waals surface area contributed by atoms with Crippen molar-refractivity contribution < 1.29 is 13.9 Å². The Morgan fingerprint density at radius 2 is 2.04 bits per heavy atom. The summed E-state index contributed by atoms with van der Waals surface area (Å²) in [4.78, 5) is 26.2. The Bertz CT molecular complexity index is 813. The van der Waals surface area contributed by atoms with E-state index in [1.165, 1.54) is 33.8 Å². The molecule has 8 heteroatoms. The molecule has 7 nitrogen and oxygen atoms in total. The maximum absolute atomic E-state index is 12.8. The van der Waals surface area contributed by atoms with Gasteiger partial charge >= 0.3 is 5.69 Å². The second-order valence-electron chi connectivity index (χ2n) is 6.44. The Balaban J connectivity index is 1.53. The number of benzene rings is 1. The zero-order chi connectivity index (χ0) is 18.5. The van der Waals surface area contributed by atoms with Crippen molar-refractivity contribution in [1.82, 2.24) is 19.2 Å². The number of fused-ring (bicyclic) bond motifs is 1. The van der Waals surface area contributed by atoms with E-state index in [9.17, 15) is 14.0 Å². The molecule has 0 saturated carbocycles. The maximum Gasteiger partial charge on any atom is 0.346 e. The van der Waals surface area contributed by atoms with Gasteiger partial charge in [-0.15, -0.1) is 0 Å². The summed E-state index contributed by atoms with van der Waals surface area (Å²) < 4.78 is 21.3. The van der Waals surface area contributed by atoms with Crippen molar-refractivity contribution in [1.29, 1.82) is 0 Å². The molecule has 1 aromatic heterocycles. The molecule has 0 fully saturated rings. The third kappa shape index (κ3) is 4.30. The van der Waals surface area contributed by atoms with Crippen molar-refractivity contribution in [3.63, 3.8) is 0 Å². The van der Waals surface area contributed by atoms with Crippen LogP contribution in [0.1, 0.15) is 25.1 Å². The Labute approximate surface area is 151 Å². The molecule has 1 aromatic carbocycles. The second-order valence-corrected chi connectivity index (χ2v) is 6.44. The molecule has 0 bridgehead atoms. The number of rotatable bonds is 6. The molecular weight excluding hydrogens is 339 g/mol. The lowest BCUT2D eigenvalue weighted by molar-refractivity contribution is -0.131. The molecule has 0 unspecified atom stereocenters. The van der Waals surface area contributed by atoms with E-state index in [4.69, 9.17) is 4.74 Å². The number of halogens is 1. The van der Waals surface area contributed by atoms with Gasteiger partial charge in [0.1, 0.15) is 30.5 Å². The normalized spacial score (nSPS) is 13.8. The van der Waals surface area contributed by atoms with E-state index in [1.807, 2.05) is 0 Å². The summed E-state index contributed by atoms with van der Waals surface area (Å²) in [6, 6.07) is 5.71. The molecule has 1 aliphatic heterocycles. The van der Waals surface area contributed by atoms with Crippen molar-refractivity contribution in [3.05, 3.63) is 46.4 Å². The highest BCUT2D eigenvalue weighted by molar-refractivity contribution is 5.75. The second kappa shape index (κ2) is 8.16. The summed E-state index contributed by atoms with van der Waals surface area (Å²) in [5.74, 6) is 0.778. The van der Waals surface area contributed by atoms with Crippen LogP contribution in [0.25, 0.3) is 0 Å². The number of carbonyl (C=O) groups excluding carboxylic acids is 1. The molecule has 26 heavy (non-hydrogen) atoms. The van der Waals surface area contributed by atoms with Gasteiger partial charge < -0.3 is 9.64 Å². The molecular formula is C18H23FN4O3. The van der Waals surface area contributed by atoms with Gasteiger partial charge in [0.15, 0.2) is 0 Å². The minimum atomic E-state index is -0.325. The SMILES string of the molecule is CN(CCOc1ccc(F)cc1)C(=O)Cn1nc2n(c1=O)CCCCC2. The van der Waals surface area contributed by atoms with Crippen LogP contribution in [0, 0.1) is 5.82 Å². The fourth-order valence-electron chi connectivity index (χ4n) is 2.93. The van der Waals surface area contributed by atoms with E-state index in [1.54, 1.807) is 11.6 Å². The van der Waals surface area contributed by atoms with Gasteiger partial charge in [-0.1, -0.05) is 6.42 Å². The van der Waals surface area contributed by atoms with E-state index < -0.39 is 0 Å². The zero-order valence-electron chi connectivity index (χ0n) is 14.9. The Hall–Kier alpha value is -2.64. The van der Waals surface area contributed by atoms with Crippen molar-refractivity contribution in [2.45, 2.75) is 38.8 Å². The highest BCUT2D eigenvalue weighted by Crippen LogP contribution is 2.11. The molecule has 1 amide bonds. The summed E-state index contributed by atoms with van der Waals surface area (Å²) in [5, 5.41) is 4.32. The van der Waals surface area contributed by atoms with Crippen LogP contribution in [-0.4, -0.2) is 45.4 Å². The van der Waals surface area contributed by atoms with Crippen molar-refractivity contribution in [2.24, 2.45) is 0 Å². The summed E-state index contributed by atoms with van der Waals surface area (Å²) in [6.45, 7) is 1.23. The predicted octanol–water partition coefficient (Wildman–Crippen LogP) is 1.45. The third-order valence-corrected chi connectivity index (χ3v) is 4.50. The quantitative estimate of drug-likeness (QED) is 0.780. The summed E-state index contributed by atoms with van der Waals surface area (Å²) in [7, 11) is 1.66. The number of likely N-dealkylation sites (N-methyl/N-ethyl adjacent to an activating group) is 1. The Kier molecular flexibility index (Phi) is 5.70. The van der Waals surface area contributed by atoms with Crippen LogP contribution in [0.3, 0.4) is 0 Å². The number of hydrogen-bond donors (Lipinski definition) is 0. The number of amides is 1. The first-order valence-electron chi connectivity index (χ1n) is 8.83. The molecule has 3 rings (SSSR count). The lowest BCUT2D eigenvalue weighted by Crippen LogP contribution is -2.37. The lowest BCUT2D eigenvalue weighted by atomic mass is 10.2. The fourth-order valence-corrected chi connectivity index (χ4v) is 2.93. The number of aryl methyl sites for hydroxylation is 1. The molecule has 0 saturated heterocycles. The molecule has 140 valence electrons. The Morgan fingerprint density at radius 3 is 2.81 bits per heavy atom. The van der Waals surface area contributed by atoms with Crippen LogP contribution >= 0.6 is 0 Å². The van der Waals surface area contributed by atoms with E-state index in [2.05, 4.69) is 5.10 Å². The van der Waals surface area contributed by atoms with Gasteiger partial charge in [0, 0.05) is 20.0 Å². The van der Waals surface area contributed by atoms with E-state index in [0.29, 0.717) is 18.8 Å². The van der Waals surface area contributed by atoms with Crippen LogP contribution in [0.15, 0.2) is 29.1 Å². The van der Waals surface area contributed by atoms with Gasteiger partial charge in [0.2, 0.25) is 5.91 Å². The Morgan fingerprint density at radius 1 is 1.27 bits per heavy atom. The average molecular weight is 362 g/mol. The number of nitrogens with zero attached hydrogens (tertiary/aromatic N) is 4. The zero-order valence-corrected chi connectivity index (χ0v) is 14.9. The van der Waals surface area contributed by atoms with Crippen molar-refractivity contribution >= 4 is 5.91 Å². The molecule has 0 radical (unpaired) electrons. The molecule has 2 heterocycles. The lowest BCUT2D eigenvalue weighted by Gasteiger charge is -2.17. The van der Waals surface area contributed by atoms with Crippen LogP contribution in [0.2, 0.25) is 0 Å². The topological polar surface area (TPSA) is 69.4 Å². The third-order valence-electron chi connectivity index (χ3n) is 4.50. The highest BCUT2D eigenvalue weighted by Gasteiger charge is 2.18.